The zero-order valence-electron chi connectivity index (χ0n) is 16.4. The number of halogens is 3. The Morgan fingerprint density at radius 1 is 1.23 bits per heavy atom. The lowest BCUT2D eigenvalue weighted by Crippen LogP contribution is -2.35. The third-order valence-corrected chi connectivity index (χ3v) is 6.15. The highest BCUT2D eigenvalue weighted by Crippen LogP contribution is 2.34. The van der Waals surface area contributed by atoms with Crippen LogP contribution in [-0.4, -0.2) is 28.2 Å². The number of hydrogen-bond acceptors (Lipinski definition) is 6. The molecule has 0 unspecified atom stereocenters. The highest BCUT2D eigenvalue weighted by Gasteiger charge is 2.32. The molecule has 4 rings (SSSR count). The second kappa shape index (κ2) is 7.75. The molecule has 0 saturated carbocycles. The van der Waals surface area contributed by atoms with Gasteiger partial charge < -0.3 is 9.64 Å². The number of aryl methyl sites for hydroxylation is 1. The Morgan fingerprint density at radius 3 is 2.70 bits per heavy atom. The van der Waals surface area contributed by atoms with Gasteiger partial charge in [-0.15, -0.1) is 11.3 Å². The lowest BCUT2D eigenvalue weighted by Gasteiger charge is -2.29. The maximum atomic E-state index is 12.8. The number of nitrogens with zero attached hydrogens (tertiary/aromatic N) is 4. The zero-order valence-corrected chi connectivity index (χ0v) is 17.2. The number of methoxy groups -OCH3 is 1. The third-order valence-electron chi connectivity index (χ3n) is 5.03. The first kappa shape index (κ1) is 20.4. The summed E-state index contributed by atoms with van der Waals surface area (Å²) in [7, 11) is 1.63. The molecule has 0 saturated heterocycles. The van der Waals surface area contributed by atoms with Gasteiger partial charge in [-0.3, -0.25) is 4.57 Å². The van der Waals surface area contributed by atoms with E-state index in [1.54, 1.807) is 7.11 Å². The van der Waals surface area contributed by atoms with E-state index in [-0.39, 0.29) is 6.54 Å². The van der Waals surface area contributed by atoms with Crippen LogP contribution >= 0.6 is 11.3 Å². The maximum Gasteiger partial charge on any atom is 0.425 e. The number of rotatable bonds is 4. The lowest BCUT2D eigenvalue weighted by molar-refractivity contribution is -0.134. The van der Waals surface area contributed by atoms with E-state index in [0.29, 0.717) is 35.3 Å². The summed E-state index contributed by atoms with van der Waals surface area (Å²) in [5, 5.41) is 0. The van der Waals surface area contributed by atoms with Gasteiger partial charge in [0.1, 0.15) is 17.0 Å². The number of thiophene rings is 1. The molecule has 0 radical (unpaired) electrons. The summed E-state index contributed by atoms with van der Waals surface area (Å²) >= 11 is 0.610. The van der Waals surface area contributed by atoms with Crippen molar-refractivity contribution >= 4 is 17.3 Å². The number of aromatic nitrogens is 3. The fourth-order valence-electron chi connectivity index (χ4n) is 3.49. The number of benzene rings is 1. The van der Waals surface area contributed by atoms with E-state index in [9.17, 15) is 18.0 Å². The summed E-state index contributed by atoms with van der Waals surface area (Å²) in [6, 6.07) is 6.49. The van der Waals surface area contributed by atoms with Crippen molar-refractivity contribution in [2.75, 3.05) is 18.6 Å². The highest BCUT2D eigenvalue weighted by molar-refractivity contribution is 7.12. The van der Waals surface area contributed by atoms with Crippen molar-refractivity contribution in [2.45, 2.75) is 32.6 Å². The molecular formula is C20H19F3N4O2S. The van der Waals surface area contributed by atoms with E-state index in [2.05, 4.69) is 16.0 Å². The van der Waals surface area contributed by atoms with Gasteiger partial charge in [0, 0.05) is 18.0 Å². The molecule has 3 aromatic rings. The van der Waals surface area contributed by atoms with Crippen LogP contribution in [0.4, 0.5) is 19.1 Å². The van der Waals surface area contributed by atoms with E-state index < -0.39 is 16.7 Å². The number of ether oxygens (including phenoxy) is 1. The van der Waals surface area contributed by atoms with Gasteiger partial charge in [0.05, 0.1) is 13.7 Å². The van der Waals surface area contributed by atoms with Gasteiger partial charge >= 0.3 is 11.9 Å². The molecule has 0 aliphatic carbocycles. The van der Waals surface area contributed by atoms with Crippen LogP contribution in [0.2, 0.25) is 0 Å². The topological polar surface area (TPSA) is 60.2 Å². The molecule has 0 amide bonds. The van der Waals surface area contributed by atoms with E-state index in [1.807, 2.05) is 17.9 Å². The summed E-state index contributed by atoms with van der Waals surface area (Å²) in [5.74, 6) is 1.12. The summed E-state index contributed by atoms with van der Waals surface area (Å²) in [6.07, 6.45) is -2.26. The third kappa shape index (κ3) is 4.04. The van der Waals surface area contributed by atoms with E-state index in [4.69, 9.17) is 4.74 Å². The molecule has 6 nitrogen and oxygen atoms in total. The van der Waals surface area contributed by atoms with E-state index in [0.717, 1.165) is 29.4 Å². The fourth-order valence-corrected chi connectivity index (χ4v) is 4.37. The Kier molecular flexibility index (Phi) is 5.27. The molecule has 1 aromatic carbocycles. The van der Waals surface area contributed by atoms with Crippen molar-refractivity contribution in [2.24, 2.45) is 0 Å². The Labute approximate surface area is 174 Å². The Balaban J connectivity index is 1.52. The molecule has 158 valence electrons. The zero-order chi connectivity index (χ0) is 21.5. The predicted octanol–water partition coefficient (Wildman–Crippen LogP) is 3.65. The van der Waals surface area contributed by atoms with E-state index >= 15 is 0 Å². The summed E-state index contributed by atoms with van der Waals surface area (Å²) in [5.41, 5.74) is 2.85. The van der Waals surface area contributed by atoms with Crippen molar-refractivity contribution in [1.82, 2.24) is 14.5 Å². The fraction of sp³-hybridized carbons (Fsp3) is 0.350. The smallest absolute Gasteiger partial charge is 0.425 e. The number of fused-ring (bicyclic) bond motifs is 1. The van der Waals surface area contributed by atoms with Gasteiger partial charge in [0.25, 0.3) is 0 Å². The Morgan fingerprint density at radius 2 is 2.03 bits per heavy atom. The van der Waals surface area contributed by atoms with Gasteiger partial charge in [-0.05, 0) is 48.2 Å². The van der Waals surface area contributed by atoms with Gasteiger partial charge in [-0.2, -0.15) is 18.2 Å². The average Bonchev–Trinajstić information content (AvgIpc) is 3.18. The molecule has 0 fully saturated rings. The molecule has 0 atom stereocenters. The van der Waals surface area contributed by atoms with Crippen molar-refractivity contribution in [3.8, 4) is 5.75 Å². The van der Waals surface area contributed by atoms with Crippen LogP contribution in [0.5, 0.6) is 5.75 Å². The quantitative estimate of drug-likeness (QED) is 0.625. The van der Waals surface area contributed by atoms with Crippen molar-refractivity contribution in [3.63, 3.8) is 0 Å². The standard InChI is InChI=1S/C20H19F3N4O2S/c1-12-7-13-5-6-26(9-14(13)8-16(12)29-2)18-24-11-27(19(28)25-18)10-15-3-4-17(30-15)20(21,22)23/h3-4,7-8,11H,5-6,9-10H2,1-2H3. The van der Waals surface area contributed by atoms with Crippen LogP contribution in [0.3, 0.4) is 0 Å². The highest BCUT2D eigenvalue weighted by atomic mass is 32.1. The van der Waals surface area contributed by atoms with Gasteiger partial charge in [-0.25, -0.2) is 9.78 Å². The Bertz CT molecular complexity index is 1140. The Hall–Kier alpha value is -2.88. The summed E-state index contributed by atoms with van der Waals surface area (Å²) in [4.78, 5) is 22.4. The largest absolute Gasteiger partial charge is 0.496 e. The van der Waals surface area contributed by atoms with Gasteiger partial charge in [0.2, 0.25) is 5.95 Å². The minimum absolute atomic E-state index is 0.000824. The molecule has 30 heavy (non-hydrogen) atoms. The van der Waals surface area contributed by atoms with Crippen molar-refractivity contribution < 1.29 is 17.9 Å². The second-order valence-corrected chi connectivity index (χ2v) is 8.26. The summed E-state index contributed by atoms with van der Waals surface area (Å²) in [6.45, 7) is 3.22. The molecule has 3 heterocycles. The molecular weight excluding hydrogens is 417 g/mol. The number of hydrogen-bond donors (Lipinski definition) is 0. The monoisotopic (exact) mass is 436 g/mol. The molecule has 0 bridgehead atoms. The van der Waals surface area contributed by atoms with Crippen LogP contribution in [0.15, 0.2) is 35.4 Å². The van der Waals surface area contributed by atoms with Crippen LogP contribution in [0.1, 0.15) is 26.4 Å². The normalized spacial score (nSPS) is 14.0. The summed E-state index contributed by atoms with van der Waals surface area (Å²) < 4.78 is 44.9. The van der Waals surface area contributed by atoms with Crippen LogP contribution in [0, 0.1) is 6.92 Å². The van der Waals surface area contributed by atoms with Crippen molar-refractivity contribution in [1.29, 1.82) is 0 Å². The predicted molar refractivity (Wildman–Crippen MR) is 107 cm³/mol. The first-order valence-electron chi connectivity index (χ1n) is 9.25. The van der Waals surface area contributed by atoms with Crippen molar-refractivity contribution in [3.05, 3.63) is 67.5 Å². The molecule has 2 aromatic heterocycles. The minimum Gasteiger partial charge on any atom is -0.496 e. The van der Waals surface area contributed by atoms with Gasteiger partial charge in [-0.1, -0.05) is 6.07 Å². The number of anilines is 1. The van der Waals surface area contributed by atoms with E-state index in [1.165, 1.54) is 22.5 Å². The average molecular weight is 436 g/mol. The van der Waals surface area contributed by atoms with Crippen LogP contribution in [-0.2, 0) is 25.7 Å². The second-order valence-electron chi connectivity index (χ2n) is 7.09. The lowest BCUT2D eigenvalue weighted by atomic mass is 9.97. The number of alkyl halides is 3. The SMILES string of the molecule is COc1cc2c(cc1C)CCN(c1ncn(Cc3ccc(C(F)(F)F)s3)c(=O)n1)C2. The minimum atomic E-state index is -4.39. The van der Waals surface area contributed by atoms with Crippen LogP contribution < -0.4 is 15.3 Å². The molecule has 10 heteroatoms. The molecule has 1 aliphatic rings. The first-order valence-corrected chi connectivity index (χ1v) is 10.1. The molecule has 0 N–H and O–H groups in total. The van der Waals surface area contributed by atoms with Crippen LogP contribution in [0.25, 0.3) is 0 Å². The first-order chi connectivity index (χ1) is 14.2. The molecule has 0 spiro atoms. The maximum absolute atomic E-state index is 12.8. The van der Waals surface area contributed by atoms with Gasteiger partial charge in [0.15, 0.2) is 0 Å². The molecule has 1 aliphatic heterocycles.